The fourth-order valence-electron chi connectivity index (χ4n) is 18.0. The molecule has 506 valence electrons. The smallest absolute Gasteiger partial charge is 0.0585 e. The van der Waals surface area contributed by atoms with Gasteiger partial charge in [0.15, 0.2) is 0 Å². The number of rotatable bonds is 11. The lowest BCUT2D eigenvalue weighted by Crippen LogP contribution is -2.15. The first-order valence-electron chi connectivity index (χ1n) is 37.6. The monoisotopic (exact) mass is 1380 g/mol. The Kier molecular flexibility index (Phi) is 14.0. The zero-order valence-corrected chi connectivity index (χ0v) is 59.3. The Balaban J connectivity index is 0.665. The molecule has 5 heterocycles. The van der Waals surface area contributed by atoms with Crippen LogP contribution in [0.5, 0.6) is 0 Å². The Bertz CT molecular complexity index is 7230. The second kappa shape index (κ2) is 24.6. The number of hydrogen-bond donors (Lipinski definition) is 0. The summed E-state index contributed by atoms with van der Waals surface area (Å²) < 4.78 is 12.3. The molecule has 1 aliphatic rings. The SMILES string of the molecule is CC1C=CC=CC1n1c2ccc(-c3ccc4c(c3)c3cc(-c5ccc6c(c5)c5ccccc5n6-c5ccccc5)ccc3n4-c3ccccc3)cc2c2ccc(-c3ccc4c(c3)c3cc(-c5ccc6c(c5)c5ccccc5n6-c5cc(-c6ccccc6)cc(-c6ccccc6)c5)ccc3n4-c3ccccc3)cc21. The lowest BCUT2D eigenvalue weighted by Gasteiger charge is -2.24. The normalized spacial score (nSPS) is 13.9. The molecular weight excluding hydrogens is 1310 g/mol. The van der Waals surface area contributed by atoms with Crippen LogP contribution in [0, 0.1) is 5.92 Å². The summed E-state index contributed by atoms with van der Waals surface area (Å²) in [5.41, 5.74) is 30.7. The standard InChI is InChI=1S/C103H69N5/c1-66-23-17-20-36-93(66)108-102-54-46-71(74-44-52-99-90(63-74)89-61-72(42-50-98(89)105(99)80-30-13-5-14-31-80)69-40-48-96-86(58-69)83-34-18-21-37-94(83)104(96)79-28-11-4-12-29-79)60-88(102)85-47-39-76(65-103(85)108)75-45-53-101-92(64-75)91-62-73(43-51-100(91)106(101)81-32-15-6-16-33-81)70-41-49-97-87(59-70)84-35-19-22-38-95(84)107(97)82-56-77(67-24-7-2-8-25-67)55-78(57-82)68-26-9-3-10-27-68/h2-66,93H,1H3. The highest BCUT2D eigenvalue weighted by Crippen LogP contribution is 2.46. The summed E-state index contributed by atoms with van der Waals surface area (Å²) in [6, 6.07) is 136. The van der Waals surface area contributed by atoms with Gasteiger partial charge in [-0.1, -0.05) is 237 Å². The fraction of sp³-hybridized carbons (Fsp3) is 0.0291. The fourth-order valence-corrected chi connectivity index (χ4v) is 18.0. The van der Waals surface area contributed by atoms with Gasteiger partial charge in [-0.15, -0.1) is 0 Å². The van der Waals surface area contributed by atoms with Crippen LogP contribution >= 0.6 is 0 Å². The number of fused-ring (bicyclic) bond motifs is 15. The molecule has 0 N–H and O–H groups in total. The zero-order valence-electron chi connectivity index (χ0n) is 59.3. The van der Waals surface area contributed by atoms with Gasteiger partial charge in [0.05, 0.1) is 55.7 Å². The van der Waals surface area contributed by atoms with Gasteiger partial charge in [-0.3, -0.25) is 0 Å². The van der Waals surface area contributed by atoms with Crippen LogP contribution in [-0.2, 0) is 0 Å². The molecule has 5 nitrogen and oxygen atoms in total. The zero-order chi connectivity index (χ0) is 71.1. The summed E-state index contributed by atoms with van der Waals surface area (Å²) in [7, 11) is 0. The van der Waals surface area contributed by atoms with Crippen molar-refractivity contribution >= 4 is 109 Å². The summed E-state index contributed by atoms with van der Waals surface area (Å²) in [5, 5.41) is 12.3. The maximum atomic E-state index is 2.61. The Hall–Kier alpha value is -14.0. The van der Waals surface area contributed by atoms with Crippen molar-refractivity contribution in [2.45, 2.75) is 13.0 Å². The highest BCUT2D eigenvalue weighted by atomic mass is 15.0. The van der Waals surface area contributed by atoms with Crippen LogP contribution in [-0.4, -0.2) is 22.8 Å². The minimum Gasteiger partial charge on any atom is -0.333 e. The largest absolute Gasteiger partial charge is 0.333 e. The third-order valence-electron chi connectivity index (χ3n) is 23.1. The predicted molar refractivity (Wildman–Crippen MR) is 456 cm³/mol. The molecule has 16 aromatic carbocycles. The number of allylic oxidation sites excluding steroid dienone is 4. The molecule has 0 saturated carbocycles. The summed E-state index contributed by atoms with van der Waals surface area (Å²) in [6.45, 7) is 2.35. The van der Waals surface area contributed by atoms with Crippen molar-refractivity contribution < 1.29 is 0 Å². The second-order valence-electron chi connectivity index (χ2n) is 29.2. The molecule has 1 aliphatic carbocycles. The first-order valence-corrected chi connectivity index (χ1v) is 37.6. The second-order valence-corrected chi connectivity index (χ2v) is 29.2. The summed E-state index contributed by atoms with van der Waals surface area (Å²) in [6.07, 6.45) is 9.17. The van der Waals surface area contributed by atoms with Crippen molar-refractivity contribution in [1.82, 2.24) is 22.8 Å². The van der Waals surface area contributed by atoms with Crippen molar-refractivity contribution in [1.29, 1.82) is 0 Å². The molecule has 0 amide bonds. The van der Waals surface area contributed by atoms with Crippen molar-refractivity contribution in [3.05, 3.63) is 388 Å². The van der Waals surface area contributed by atoms with E-state index in [2.05, 4.69) is 418 Å². The van der Waals surface area contributed by atoms with Gasteiger partial charge in [-0.25, -0.2) is 0 Å². The van der Waals surface area contributed by atoms with E-state index < -0.39 is 0 Å². The van der Waals surface area contributed by atoms with Crippen LogP contribution in [0.15, 0.2) is 388 Å². The number of nitrogens with zero attached hydrogens (tertiary/aromatic N) is 5. The van der Waals surface area contributed by atoms with Gasteiger partial charge in [0.1, 0.15) is 0 Å². The van der Waals surface area contributed by atoms with Gasteiger partial charge in [0.25, 0.3) is 0 Å². The summed E-state index contributed by atoms with van der Waals surface area (Å²) in [5.74, 6) is 0.280. The third-order valence-corrected chi connectivity index (χ3v) is 23.1. The van der Waals surface area contributed by atoms with Crippen LogP contribution in [0.25, 0.3) is 199 Å². The van der Waals surface area contributed by atoms with E-state index in [0.29, 0.717) is 0 Å². The molecule has 0 bridgehead atoms. The molecule has 0 saturated heterocycles. The highest BCUT2D eigenvalue weighted by Gasteiger charge is 2.26. The van der Waals surface area contributed by atoms with E-state index in [-0.39, 0.29) is 12.0 Å². The lowest BCUT2D eigenvalue weighted by molar-refractivity contribution is 0.510. The molecule has 21 aromatic rings. The topological polar surface area (TPSA) is 24.6 Å². The van der Waals surface area contributed by atoms with Crippen LogP contribution in [0.2, 0.25) is 0 Å². The van der Waals surface area contributed by atoms with E-state index in [4.69, 9.17) is 0 Å². The molecule has 2 atom stereocenters. The van der Waals surface area contributed by atoms with Crippen LogP contribution in [0.1, 0.15) is 13.0 Å². The van der Waals surface area contributed by atoms with E-state index in [1.54, 1.807) is 0 Å². The molecule has 0 aliphatic heterocycles. The first kappa shape index (κ1) is 61.5. The van der Waals surface area contributed by atoms with Crippen LogP contribution in [0.3, 0.4) is 0 Å². The highest BCUT2D eigenvalue weighted by molar-refractivity contribution is 6.17. The Labute approximate surface area is 624 Å². The molecule has 2 unspecified atom stereocenters. The summed E-state index contributed by atoms with van der Waals surface area (Å²) >= 11 is 0. The first-order chi connectivity index (χ1) is 53.5. The summed E-state index contributed by atoms with van der Waals surface area (Å²) in [4.78, 5) is 0. The Morgan fingerprint density at radius 3 is 0.833 bits per heavy atom. The van der Waals surface area contributed by atoms with Gasteiger partial charge in [0.2, 0.25) is 0 Å². The van der Waals surface area contributed by atoms with E-state index in [9.17, 15) is 0 Å². The number of hydrogen-bond acceptors (Lipinski definition) is 0. The van der Waals surface area contributed by atoms with Gasteiger partial charge >= 0.3 is 0 Å². The van der Waals surface area contributed by atoms with Gasteiger partial charge < -0.3 is 22.8 Å². The average molecular weight is 1380 g/mol. The Morgan fingerprint density at radius 2 is 0.454 bits per heavy atom. The molecule has 0 fully saturated rings. The molecule has 5 aromatic heterocycles. The molecule has 22 rings (SSSR count). The van der Waals surface area contributed by atoms with Crippen LogP contribution < -0.4 is 0 Å². The van der Waals surface area contributed by atoms with Gasteiger partial charge in [0, 0.05) is 82.1 Å². The van der Waals surface area contributed by atoms with E-state index in [1.807, 2.05) is 0 Å². The van der Waals surface area contributed by atoms with Gasteiger partial charge in [-0.05, 0) is 230 Å². The van der Waals surface area contributed by atoms with E-state index in [1.165, 1.54) is 176 Å². The Morgan fingerprint density at radius 1 is 0.176 bits per heavy atom. The lowest BCUT2D eigenvalue weighted by atomic mass is 9.96. The maximum absolute atomic E-state index is 2.61. The van der Waals surface area contributed by atoms with E-state index in [0.717, 1.165) is 22.7 Å². The van der Waals surface area contributed by atoms with Crippen LogP contribution in [0.4, 0.5) is 0 Å². The molecule has 5 heteroatoms. The molecule has 0 spiro atoms. The average Bonchev–Trinajstić information content (AvgIpc) is 1.59. The van der Waals surface area contributed by atoms with Crippen molar-refractivity contribution in [2.75, 3.05) is 0 Å². The van der Waals surface area contributed by atoms with Crippen molar-refractivity contribution in [3.63, 3.8) is 0 Å². The van der Waals surface area contributed by atoms with Gasteiger partial charge in [-0.2, -0.15) is 0 Å². The minimum atomic E-state index is 0.118. The molecular formula is C103H69N5. The third kappa shape index (κ3) is 9.79. The molecule has 0 radical (unpaired) electrons. The van der Waals surface area contributed by atoms with E-state index >= 15 is 0 Å². The number of para-hydroxylation sites is 5. The minimum absolute atomic E-state index is 0.118. The quantitative estimate of drug-likeness (QED) is 0.123. The maximum Gasteiger partial charge on any atom is 0.0585 e. The van der Waals surface area contributed by atoms with Crippen molar-refractivity contribution in [2.24, 2.45) is 5.92 Å². The predicted octanol–water partition coefficient (Wildman–Crippen LogP) is 27.5. The number of benzene rings is 16. The van der Waals surface area contributed by atoms with Crippen molar-refractivity contribution in [3.8, 4) is 89.5 Å². The molecule has 108 heavy (non-hydrogen) atoms. The number of aromatic nitrogens is 5.